The fourth-order valence-electron chi connectivity index (χ4n) is 2.35. The molecule has 2 nitrogen and oxygen atoms in total. The highest BCUT2D eigenvalue weighted by Gasteiger charge is 2.25. The van der Waals surface area contributed by atoms with Crippen LogP contribution in [-0.2, 0) is 13.1 Å². The van der Waals surface area contributed by atoms with Crippen molar-refractivity contribution in [2.75, 3.05) is 0 Å². The molecule has 102 valence electrons. The summed E-state index contributed by atoms with van der Waals surface area (Å²) in [5, 5.41) is 8.01. The summed E-state index contributed by atoms with van der Waals surface area (Å²) in [4.78, 5) is 1.63. The minimum Gasteiger partial charge on any atom is -0.348 e. The molecule has 1 aliphatic rings. The number of halogens is 3. The van der Waals surface area contributed by atoms with Crippen molar-refractivity contribution in [2.45, 2.75) is 13.1 Å². The van der Waals surface area contributed by atoms with E-state index in [1.165, 1.54) is 24.3 Å². The van der Waals surface area contributed by atoms with E-state index in [2.05, 4.69) is 0 Å². The van der Waals surface area contributed by atoms with Gasteiger partial charge in [-0.05, 0) is 23.8 Å². The van der Waals surface area contributed by atoms with Gasteiger partial charge in [0.25, 0.3) is 0 Å². The minimum absolute atomic E-state index is 0.154. The van der Waals surface area contributed by atoms with Crippen molar-refractivity contribution in [3.8, 4) is 0 Å². The van der Waals surface area contributed by atoms with E-state index in [1.807, 2.05) is 0 Å². The summed E-state index contributed by atoms with van der Waals surface area (Å²) in [6.07, 6.45) is 0. The van der Waals surface area contributed by atoms with Crippen molar-refractivity contribution in [3.63, 3.8) is 0 Å². The first-order valence-electron chi connectivity index (χ1n) is 6.11. The van der Waals surface area contributed by atoms with E-state index in [0.29, 0.717) is 17.7 Å². The number of rotatable bonds is 2. The Labute approximate surface area is 114 Å². The Morgan fingerprint density at radius 1 is 1.00 bits per heavy atom. The quantitative estimate of drug-likeness (QED) is 0.893. The maximum Gasteiger partial charge on any atom is 0.131 e. The number of fused-ring (bicyclic) bond motifs is 1. The zero-order chi connectivity index (χ0) is 14.3. The lowest BCUT2D eigenvalue weighted by atomic mass is 10.1. The van der Waals surface area contributed by atoms with Crippen LogP contribution in [0.15, 0.2) is 36.4 Å². The van der Waals surface area contributed by atoms with E-state index < -0.39 is 17.5 Å². The Morgan fingerprint density at radius 2 is 1.70 bits per heavy atom. The summed E-state index contributed by atoms with van der Waals surface area (Å²) in [5.74, 6) is -1.51. The van der Waals surface area contributed by atoms with Crippen LogP contribution in [0.4, 0.5) is 13.2 Å². The van der Waals surface area contributed by atoms with Crippen molar-refractivity contribution in [1.29, 1.82) is 5.41 Å². The van der Waals surface area contributed by atoms with Crippen LogP contribution < -0.4 is 0 Å². The lowest BCUT2D eigenvalue weighted by Crippen LogP contribution is -2.23. The van der Waals surface area contributed by atoms with Crippen LogP contribution >= 0.6 is 0 Å². The second kappa shape index (κ2) is 4.67. The number of nitrogens with zero attached hydrogens (tertiary/aromatic N) is 1. The van der Waals surface area contributed by atoms with Gasteiger partial charge in [0.2, 0.25) is 0 Å². The van der Waals surface area contributed by atoms with E-state index >= 15 is 0 Å². The zero-order valence-electron chi connectivity index (χ0n) is 10.5. The van der Waals surface area contributed by atoms with Crippen molar-refractivity contribution in [3.05, 3.63) is 70.5 Å². The summed E-state index contributed by atoms with van der Waals surface area (Å²) in [6.45, 7) is 0.576. The standard InChI is InChI=1S/C15H11F3N2/c16-11-3-1-9-7-20(15(19)13(9)5-11)8-10-2-4-12(17)6-14(10)18/h1-6,19H,7-8H2. The Kier molecular flexibility index (Phi) is 2.97. The molecule has 0 spiro atoms. The molecule has 1 aliphatic heterocycles. The van der Waals surface area contributed by atoms with Gasteiger partial charge < -0.3 is 4.90 Å². The van der Waals surface area contributed by atoms with Crippen LogP contribution in [0, 0.1) is 22.9 Å². The molecule has 2 aromatic carbocycles. The Hall–Kier alpha value is -2.30. The van der Waals surface area contributed by atoms with Crippen LogP contribution in [0.2, 0.25) is 0 Å². The van der Waals surface area contributed by atoms with E-state index in [9.17, 15) is 13.2 Å². The molecular weight excluding hydrogens is 265 g/mol. The first kappa shape index (κ1) is 12.7. The van der Waals surface area contributed by atoms with Crippen molar-refractivity contribution >= 4 is 5.84 Å². The van der Waals surface area contributed by atoms with E-state index in [-0.39, 0.29) is 12.4 Å². The number of hydrogen-bond acceptors (Lipinski definition) is 1. The van der Waals surface area contributed by atoms with E-state index in [4.69, 9.17) is 5.41 Å². The SMILES string of the molecule is N=C1c2cc(F)ccc2CN1Cc1ccc(F)cc1F. The molecule has 0 saturated carbocycles. The lowest BCUT2D eigenvalue weighted by molar-refractivity contribution is 0.410. The summed E-state index contributed by atoms with van der Waals surface area (Å²) < 4.78 is 39.7. The highest BCUT2D eigenvalue weighted by molar-refractivity contribution is 6.00. The minimum atomic E-state index is -0.639. The molecule has 20 heavy (non-hydrogen) atoms. The van der Waals surface area contributed by atoms with Crippen LogP contribution in [0.25, 0.3) is 0 Å². The topological polar surface area (TPSA) is 27.1 Å². The Bertz CT molecular complexity index is 698. The van der Waals surface area contributed by atoms with Crippen LogP contribution in [0.1, 0.15) is 16.7 Å². The van der Waals surface area contributed by atoms with Gasteiger partial charge in [0, 0.05) is 30.3 Å². The second-order valence-electron chi connectivity index (χ2n) is 4.74. The normalized spacial score (nSPS) is 13.8. The zero-order valence-corrected chi connectivity index (χ0v) is 10.5. The molecule has 5 heteroatoms. The third-order valence-electron chi connectivity index (χ3n) is 3.38. The number of nitrogens with one attached hydrogen (secondary N) is 1. The smallest absolute Gasteiger partial charge is 0.131 e. The molecule has 0 saturated heterocycles. The van der Waals surface area contributed by atoms with Crippen molar-refractivity contribution < 1.29 is 13.2 Å². The third-order valence-corrected chi connectivity index (χ3v) is 3.38. The van der Waals surface area contributed by atoms with Gasteiger partial charge in [-0.3, -0.25) is 5.41 Å². The van der Waals surface area contributed by atoms with Gasteiger partial charge in [0.1, 0.15) is 23.3 Å². The highest BCUT2D eigenvalue weighted by Crippen LogP contribution is 2.25. The molecule has 0 atom stereocenters. The second-order valence-corrected chi connectivity index (χ2v) is 4.74. The van der Waals surface area contributed by atoms with Gasteiger partial charge in [0.15, 0.2) is 0 Å². The largest absolute Gasteiger partial charge is 0.348 e. The first-order valence-corrected chi connectivity index (χ1v) is 6.11. The molecule has 0 aromatic heterocycles. The van der Waals surface area contributed by atoms with E-state index in [1.54, 1.807) is 11.0 Å². The molecule has 0 amide bonds. The molecule has 2 aromatic rings. The van der Waals surface area contributed by atoms with Crippen molar-refractivity contribution in [2.24, 2.45) is 0 Å². The first-order chi connectivity index (χ1) is 9.54. The van der Waals surface area contributed by atoms with Gasteiger partial charge in [-0.1, -0.05) is 12.1 Å². The van der Waals surface area contributed by atoms with Gasteiger partial charge in [-0.15, -0.1) is 0 Å². The van der Waals surface area contributed by atoms with Crippen molar-refractivity contribution in [1.82, 2.24) is 4.90 Å². The predicted molar refractivity (Wildman–Crippen MR) is 68.8 cm³/mol. The molecule has 0 unspecified atom stereocenters. The summed E-state index contributed by atoms with van der Waals surface area (Å²) in [7, 11) is 0. The summed E-state index contributed by atoms with van der Waals surface area (Å²) in [5.41, 5.74) is 1.66. The molecule has 1 N–H and O–H groups in total. The number of benzene rings is 2. The Balaban J connectivity index is 1.86. The monoisotopic (exact) mass is 276 g/mol. The molecule has 0 radical (unpaired) electrons. The number of hydrogen-bond donors (Lipinski definition) is 1. The highest BCUT2D eigenvalue weighted by atomic mass is 19.1. The van der Waals surface area contributed by atoms with Gasteiger partial charge in [0.05, 0.1) is 0 Å². The van der Waals surface area contributed by atoms with Crippen LogP contribution in [-0.4, -0.2) is 10.7 Å². The maximum atomic E-state index is 13.6. The number of amidine groups is 1. The molecule has 3 rings (SSSR count). The van der Waals surface area contributed by atoms with E-state index in [0.717, 1.165) is 11.6 Å². The maximum absolute atomic E-state index is 13.6. The molecule has 0 fully saturated rings. The van der Waals surface area contributed by atoms with Gasteiger partial charge in [-0.2, -0.15) is 0 Å². The fraction of sp³-hybridized carbons (Fsp3) is 0.133. The molecule has 0 aliphatic carbocycles. The average molecular weight is 276 g/mol. The Morgan fingerprint density at radius 3 is 2.45 bits per heavy atom. The van der Waals surface area contributed by atoms with Crippen LogP contribution in [0.5, 0.6) is 0 Å². The van der Waals surface area contributed by atoms with Gasteiger partial charge >= 0.3 is 0 Å². The third kappa shape index (κ3) is 2.15. The molecular formula is C15H11F3N2. The summed E-state index contributed by atoms with van der Waals surface area (Å²) >= 11 is 0. The lowest BCUT2D eigenvalue weighted by Gasteiger charge is -2.18. The van der Waals surface area contributed by atoms with Crippen LogP contribution in [0.3, 0.4) is 0 Å². The molecule has 1 heterocycles. The summed E-state index contributed by atoms with van der Waals surface area (Å²) in [6, 6.07) is 7.64. The average Bonchev–Trinajstić information content (AvgIpc) is 2.70. The predicted octanol–water partition coefficient (Wildman–Crippen LogP) is 3.45. The fourth-order valence-corrected chi connectivity index (χ4v) is 2.35. The molecule has 0 bridgehead atoms. The van der Waals surface area contributed by atoms with Gasteiger partial charge in [-0.25, -0.2) is 13.2 Å².